The van der Waals surface area contributed by atoms with Gasteiger partial charge in [0, 0.05) is 26.4 Å². The summed E-state index contributed by atoms with van der Waals surface area (Å²) in [6, 6.07) is 0.817. The molecule has 2 aromatic rings. The standard InChI is InChI=1S/C10H10F2N4S/c1-13-9-7(11)3-8(12)10(15-9)17-6-4-14-16(2)5-6/h3-5H,1-2H3,(H,13,15). The minimum atomic E-state index is -0.708. The Kier molecular flexibility index (Phi) is 3.28. The fourth-order valence-electron chi connectivity index (χ4n) is 1.26. The van der Waals surface area contributed by atoms with Crippen molar-refractivity contribution in [1.82, 2.24) is 14.8 Å². The average Bonchev–Trinajstić information content (AvgIpc) is 2.68. The highest BCUT2D eigenvalue weighted by atomic mass is 32.2. The van der Waals surface area contributed by atoms with E-state index in [9.17, 15) is 8.78 Å². The molecular formula is C10H10F2N4S. The van der Waals surface area contributed by atoms with Crippen LogP contribution in [0.2, 0.25) is 0 Å². The van der Waals surface area contributed by atoms with Crippen LogP contribution in [0.25, 0.3) is 0 Å². The van der Waals surface area contributed by atoms with E-state index < -0.39 is 11.6 Å². The molecule has 17 heavy (non-hydrogen) atoms. The first-order valence-corrected chi connectivity index (χ1v) is 5.62. The summed E-state index contributed by atoms with van der Waals surface area (Å²) in [6.07, 6.45) is 3.32. The second-order valence-corrected chi connectivity index (χ2v) is 4.37. The summed E-state index contributed by atoms with van der Waals surface area (Å²) in [5.74, 6) is -1.37. The van der Waals surface area contributed by atoms with Crippen molar-refractivity contribution >= 4 is 17.6 Å². The molecule has 0 saturated heterocycles. The highest BCUT2D eigenvalue weighted by molar-refractivity contribution is 7.99. The number of halogens is 2. The second-order valence-electron chi connectivity index (χ2n) is 3.31. The number of rotatable bonds is 3. The molecule has 0 aromatic carbocycles. The van der Waals surface area contributed by atoms with Crippen LogP contribution in [0.5, 0.6) is 0 Å². The van der Waals surface area contributed by atoms with Crippen LogP contribution in [-0.4, -0.2) is 21.8 Å². The molecule has 0 atom stereocenters. The molecule has 0 bridgehead atoms. The Hall–Kier alpha value is -1.63. The fraction of sp³-hybridized carbons (Fsp3) is 0.200. The molecule has 0 fully saturated rings. The summed E-state index contributed by atoms with van der Waals surface area (Å²) >= 11 is 1.10. The van der Waals surface area contributed by atoms with E-state index in [0.29, 0.717) is 0 Å². The summed E-state index contributed by atoms with van der Waals surface area (Å²) in [5, 5.41) is 6.64. The van der Waals surface area contributed by atoms with Crippen molar-refractivity contribution in [3.05, 3.63) is 30.1 Å². The molecule has 0 amide bonds. The van der Waals surface area contributed by atoms with Crippen molar-refractivity contribution in [2.24, 2.45) is 7.05 Å². The monoisotopic (exact) mass is 256 g/mol. The SMILES string of the molecule is CNc1nc(Sc2cnn(C)c2)c(F)cc1F. The Morgan fingerprint density at radius 1 is 1.35 bits per heavy atom. The van der Waals surface area contributed by atoms with E-state index in [1.807, 2.05) is 0 Å². The number of pyridine rings is 1. The summed E-state index contributed by atoms with van der Waals surface area (Å²) in [4.78, 5) is 4.60. The summed E-state index contributed by atoms with van der Waals surface area (Å²) in [5.41, 5.74) is 0. The predicted molar refractivity (Wildman–Crippen MR) is 61.0 cm³/mol. The first-order chi connectivity index (χ1) is 8.10. The van der Waals surface area contributed by atoms with Gasteiger partial charge in [0.05, 0.1) is 11.1 Å². The van der Waals surface area contributed by atoms with Gasteiger partial charge in [0.1, 0.15) is 5.03 Å². The number of nitrogens with zero attached hydrogens (tertiary/aromatic N) is 3. The molecule has 2 rings (SSSR count). The van der Waals surface area contributed by atoms with E-state index in [0.717, 1.165) is 22.7 Å². The third-order valence-corrected chi connectivity index (χ3v) is 2.96. The Morgan fingerprint density at radius 2 is 2.12 bits per heavy atom. The molecule has 0 aliphatic rings. The molecule has 0 unspecified atom stereocenters. The van der Waals surface area contributed by atoms with E-state index in [1.54, 1.807) is 24.1 Å². The van der Waals surface area contributed by atoms with Gasteiger partial charge in [0.15, 0.2) is 17.5 Å². The van der Waals surface area contributed by atoms with Crippen LogP contribution in [0.15, 0.2) is 28.4 Å². The smallest absolute Gasteiger partial charge is 0.168 e. The topological polar surface area (TPSA) is 42.7 Å². The molecule has 2 heterocycles. The number of anilines is 1. The van der Waals surface area contributed by atoms with E-state index >= 15 is 0 Å². The lowest BCUT2D eigenvalue weighted by Crippen LogP contribution is -1.99. The zero-order chi connectivity index (χ0) is 12.4. The van der Waals surface area contributed by atoms with Crippen molar-refractivity contribution in [3.8, 4) is 0 Å². The Morgan fingerprint density at radius 3 is 2.71 bits per heavy atom. The Labute approximate surface area is 101 Å². The zero-order valence-electron chi connectivity index (χ0n) is 9.24. The van der Waals surface area contributed by atoms with Crippen LogP contribution in [0.4, 0.5) is 14.6 Å². The molecule has 4 nitrogen and oxygen atoms in total. The molecule has 90 valence electrons. The molecule has 1 N–H and O–H groups in total. The highest BCUT2D eigenvalue weighted by Crippen LogP contribution is 2.29. The molecule has 7 heteroatoms. The van der Waals surface area contributed by atoms with Gasteiger partial charge in [0.25, 0.3) is 0 Å². The van der Waals surface area contributed by atoms with E-state index in [4.69, 9.17) is 0 Å². The van der Waals surface area contributed by atoms with Crippen LogP contribution >= 0.6 is 11.8 Å². The van der Waals surface area contributed by atoms with Gasteiger partial charge in [0.2, 0.25) is 0 Å². The normalized spacial score (nSPS) is 10.6. The lowest BCUT2D eigenvalue weighted by Gasteiger charge is -2.05. The summed E-state index contributed by atoms with van der Waals surface area (Å²) < 4.78 is 28.3. The predicted octanol–water partition coefficient (Wildman–Crippen LogP) is 2.29. The number of nitrogens with one attached hydrogen (secondary N) is 1. The molecular weight excluding hydrogens is 246 g/mol. The van der Waals surface area contributed by atoms with Crippen LogP contribution < -0.4 is 5.32 Å². The van der Waals surface area contributed by atoms with Gasteiger partial charge < -0.3 is 5.32 Å². The summed E-state index contributed by atoms with van der Waals surface area (Å²) in [6.45, 7) is 0. The molecule has 0 spiro atoms. The maximum absolute atomic E-state index is 13.5. The molecule has 2 aromatic heterocycles. The van der Waals surface area contributed by atoms with Gasteiger partial charge in [-0.25, -0.2) is 13.8 Å². The molecule has 0 aliphatic heterocycles. The van der Waals surface area contributed by atoms with Gasteiger partial charge >= 0.3 is 0 Å². The fourth-order valence-corrected chi connectivity index (χ4v) is 2.08. The van der Waals surface area contributed by atoms with Crippen LogP contribution in [-0.2, 0) is 7.05 Å². The van der Waals surface area contributed by atoms with E-state index in [-0.39, 0.29) is 10.8 Å². The number of aryl methyl sites for hydroxylation is 1. The minimum absolute atomic E-state index is 0.0257. The number of hydrogen-bond acceptors (Lipinski definition) is 4. The van der Waals surface area contributed by atoms with E-state index in [2.05, 4.69) is 15.4 Å². The largest absolute Gasteiger partial charge is 0.371 e. The van der Waals surface area contributed by atoms with Gasteiger partial charge in [-0.1, -0.05) is 11.8 Å². The maximum atomic E-state index is 13.5. The van der Waals surface area contributed by atoms with Crippen LogP contribution in [0, 0.1) is 11.6 Å². The highest BCUT2D eigenvalue weighted by Gasteiger charge is 2.12. The molecule has 0 radical (unpaired) electrons. The van der Waals surface area contributed by atoms with Crippen molar-refractivity contribution < 1.29 is 8.78 Å². The van der Waals surface area contributed by atoms with Crippen LogP contribution in [0.3, 0.4) is 0 Å². The molecule has 0 aliphatic carbocycles. The zero-order valence-corrected chi connectivity index (χ0v) is 10.1. The number of hydrogen-bond donors (Lipinski definition) is 1. The lowest BCUT2D eigenvalue weighted by atomic mass is 10.4. The van der Waals surface area contributed by atoms with Crippen LogP contribution in [0.1, 0.15) is 0 Å². The first kappa shape index (κ1) is 11.8. The minimum Gasteiger partial charge on any atom is -0.371 e. The first-order valence-electron chi connectivity index (χ1n) is 4.80. The molecule has 0 saturated carbocycles. The Balaban J connectivity index is 2.32. The lowest BCUT2D eigenvalue weighted by molar-refractivity contribution is 0.551. The van der Waals surface area contributed by atoms with Crippen molar-refractivity contribution in [1.29, 1.82) is 0 Å². The van der Waals surface area contributed by atoms with Crippen molar-refractivity contribution in [3.63, 3.8) is 0 Å². The third-order valence-electron chi connectivity index (χ3n) is 2.03. The maximum Gasteiger partial charge on any atom is 0.168 e. The van der Waals surface area contributed by atoms with Crippen molar-refractivity contribution in [2.45, 2.75) is 9.92 Å². The van der Waals surface area contributed by atoms with Crippen molar-refractivity contribution in [2.75, 3.05) is 12.4 Å². The third kappa shape index (κ3) is 2.55. The van der Waals surface area contributed by atoms with Gasteiger partial charge in [-0.2, -0.15) is 5.10 Å². The van der Waals surface area contributed by atoms with Gasteiger partial charge in [-0.05, 0) is 0 Å². The number of aromatic nitrogens is 3. The van der Waals surface area contributed by atoms with Gasteiger partial charge in [-0.15, -0.1) is 0 Å². The van der Waals surface area contributed by atoms with E-state index in [1.165, 1.54) is 7.05 Å². The summed E-state index contributed by atoms with van der Waals surface area (Å²) in [7, 11) is 3.29. The average molecular weight is 256 g/mol. The van der Waals surface area contributed by atoms with Gasteiger partial charge in [-0.3, -0.25) is 4.68 Å². The quantitative estimate of drug-likeness (QED) is 0.915. The second kappa shape index (κ2) is 4.70. The Bertz CT molecular complexity index is 541.